The Labute approximate surface area is 284 Å². The predicted molar refractivity (Wildman–Crippen MR) is 180 cm³/mol. The summed E-state index contributed by atoms with van der Waals surface area (Å²) in [4.78, 5) is 59.4. The Bertz CT molecular complexity index is 1290. The lowest BCUT2D eigenvalue weighted by atomic mass is 9.70. The zero-order valence-electron chi connectivity index (χ0n) is 28.7. The van der Waals surface area contributed by atoms with Crippen LogP contribution in [0.15, 0.2) is 55.6 Å². The van der Waals surface area contributed by atoms with Gasteiger partial charge in [0, 0.05) is 26.6 Å². The lowest BCUT2D eigenvalue weighted by molar-refractivity contribution is -0.163. The second-order valence-corrected chi connectivity index (χ2v) is 13.1. The van der Waals surface area contributed by atoms with Crippen LogP contribution in [-0.2, 0) is 33.4 Å². The van der Waals surface area contributed by atoms with Crippen LogP contribution < -0.4 is 5.32 Å². The van der Waals surface area contributed by atoms with E-state index in [1.165, 1.54) is 12.0 Å². The van der Waals surface area contributed by atoms with E-state index in [1.54, 1.807) is 17.1 Å². The first-order chi connectivity index (χ1) is 23.2. The molecule has 0 unspecified atom stereocenters. The Balaban J connectivity index is 1.69. The van der Waals surface area contributed by atoms with Crippen LogP contribution in [0, 0.1) is 11.8 Å². The Kier molecular flexibility index (Phi) is 13.4. The Hall–Kier alpha value is -3.54. The molecule has 0 aromatic heterocycles. The fourth-order valence-electron chi connectivity index (χ4n) is 7.74. The van der Waals surface area contributed by atoms with Gasteiger partial charge in [0.1, 0.15) is 17.7 Å². The summed E-state index contributed by atoms with van der Waals surface area (Å²) in [6.07, 6.45) is 6.55. The lowest BCUT2D eigenvalue weighted by Crippen LogP contribution is -2.58. The molecule has 11 nitrogen and oxygen atoms in total. The number of carbonyl (C=O) groups excluding carboxylic acids is 4. The minimum absolute atomic E-state index is 0.0692. The molecule has 4 rings (SSSR count). The first-order valence-electron chi connectivity index (χ1n) is 17.4. The number of unbranched alkanes of at least 4 members (excludes halogenated alkanes) is 2. The van der Waals surface area contributed by atoms with E-state index in [0.29, 0.717) is 44.3 Å². The number of carbonyl (C=O) groups is 4. The van der Waals surface area contributed by atoms with Gasteiger partial charge in [-0.05, 0) is 37.7 Å². The smallest absolute Gasteiger partial charge is 0.313 e. The molecule has 1 spiro atoms. The summed E-state index contributed by atoms with van der Waals surface area (Å²) in [6.45, 7) is 12.0. The van der Waals surface area contributed by atoms with Crippen LogP contribution in [0.25, 0.3) is 0 Å². The van der Waals surface area contributed by atoms with Crippen molar-refractivity contribution in [3.05, 3.63) is 61.2 Å². The van der Waals surface area contributed by atoms with Crippen LogP contribution in [-0.4, -0.2) is 102 Å². The molecule has 3 saturated heterocycles. The third-order valence-electron chi connectivity index (χ3n) is 10.0. The van der Waals surface area contributed by atoms with Gasteiger partial charge in [0.05, 0.1) is 43.2 Å². The summed E-state index contributed by atoms with van der Waals surface area (Å²) in [7, 11) is 1.51. The molecular formula is C37H53N3O8. The number of fused-ring (bicyclic) bond motifs is 1. The number of likely N-dealkylation sites (tertiary alicyclic amines) is 1. The molecule has 11 heteroatoms. The average molecular weight is 668 g/mol. The quantitative estimate of drug-likeness (QED) is 0.122. The summed E-state index contributed by atoms with van der Waals surface area (Å²) in [5.41, 5.74) is -0.579. The highest BCUT2D eigenvalue weighted by molar-refractivity contribution is 5.98. The predicted octanol–water partition coefficient (Wildman–Crippen LogP) is 3.72. The number of hydrogen-bond acceptors (Lipinski definition) is 8. The van der Waals surface area contributed by atoms with E-state index < -0.39 is 53.7 Å². The molecule has 0 saturated carbocycles. The van der Waals surface area contributed by atoms with E-state index in [-0.39, 0.29) is 37.4 Å². The Morgan fingerprint density at radius 2 is 1.94 bits per heavy atom. The van der Waals surface area contributed by atoms with Gasteiger partial charge >= 0.3 is 5.97 Å². The molecule has 1 aromatic carbocycles. The highest BCUT2D eigenvalue weighted by atomic mass is 16.6. The molecule has 2 N–H and O–H groups in total. The molecule has 3 heterocycles. The fraction of sp³-hybridized carbons (Fsp3) is 0.622. The van der Waals surface area contributed by atoms with Crippen LogP contribution in [0.4, 0.5) is 0 Å². The number of allylic oxidation sites excluding steroid dienone is 1. The van der Waals surface area contributed by atoms with E-state index in [4.69, 9.17) is 14.2 Å². The maximum atomic E-state index is 14.5. The second-order valence-electron chi connectivity index (χ2n) is 13.1. The summed E-state index contributed by atoms with van der Waals surface area (Å²) in [5.74, 6) is -3.44. The van der Waals surface area contributed by atoms with E-state index in [2.05, 4.69) is 25.4 Å². The molecule has 3 aliphatic heterocycles. The first kappa shape index (κ1) is 37.3. The van der Waals surface area contributed by atoms with Crippen LogP contribution in [0.1, 0.15) is 76.9 Å². The van der Waals surface area contributed by atoms with Crippen molar-refractivity contribution in [2.75, 3.05) is 33.4 Å². The van der Waals surface area contributed by atoms with E-state index in [1.807, 2.05) is 37.3 Å². The second kappa shape index (κ2) is 17.2. The van der Waals surface area contributed by atoms with Gasteiger partial charge in [-0.1, -0.05) is 69.2 Å². The molecule has 3 amide bonds. The van der Waals surface area contributed by atoms with Gasteiger partial charge in [0.2, 0.25) is 17.7 Å². The number of ether oxygens (including phenoxy) is 3. The van der Waals surface area contributed by atoms with Crippen molar-refractivity contribution in [3.63, 3.8) is 0 Å². The summed E-state index contributed by atoms with van der Waals surface area (Å²) in [5, 5.41) is 13.3. The van der Waals surface area contributed by atoms with E-state index >= 15 is 0 Å². The van der Waals surface area contributed by atoms with Crippen molar-refractivity contribution < 1.29 is 38.5 Å². The monoisotopic (exact) mass is 667 g/mol. The Morgan fingerprint density at radius 1 is 1.19 bits per heavy atom. The highest BCUT2D eigenvalue weighted by Gasteiger charge is 2.75. The number of aliphatic hydroxyl groups is 1. The topological polar surface area (TPSA) is 135 Å². The number of methoxy groups -OCH3 is 1. The maximum absolute atomic E-state index is 14.5. The molecular weight excluding hydrogens is 614 g/mol. The van der Waals surface area contributed by atoms with Crippen LogP contribution in [0.5, 0.6) is 0 Å². The van der Waals surface area contributed by atoms with E-state index in [0.717, 1.165) is 19.3 Å². The number of rotatable bonds is 20. The van der Waals surface area contributed by atoms with Crippen LogP contribution >= 0.6 is 0 Å². The third kappa shape index (κ3) is 7.53. The van der Waals surface area contributed by atoms with Crippen molar-refractivity contribution in [2.24, 2.45) is 11.8 Å². The zero-order chi connectivity index (χ0) is 34.8. The molecule has 48 heavy (non-hydrogen) atoms. The number of nitrogens with one attached hydrogen (secondary N) is 1. The summed E-state index contributed by atoms with van der Waals surface area (Å²) < 4.78 is 18.4. The SMILES string of the molecule is C=CCCC(=O)N[C@H](COC)[C@H](OC(=O)[C@@H]1[C@H]2C(=O)N([C@@H](CC)CO)[C@H](C(=O)N(CC=C)CCCCC)[C@]23CC[C@H]1O3)c1ccccc1. The van der Waals surface area contributed by atoms with Crippen molar-refractivity contribution >= 4 is 23.7 Å². The maximum Gasteiger partial charge on any atom is 0.313 e. The summed E-state index contributed by atoms with van der Waals surface area (Å²) >= 11 is 0. The summed E-state index contributed by atoms with van der Waals surface area (Å²) in [6, 6.07) is 6.77. The highest BCUT2D eigenvalue weighted by Crippen LogP contribution is 2.59. The standard InChI is InChI=1S/C37H53N3O8/c1-6-10-15-22-39(21-8-3)35(44)33-37-20-19-28(48-37)30(31(37)34(43)40(33)26(9-4)23-41)36(45)47-32(25-16-13-12-14-17-25)27(24-46-5)38-29(42)18-11-7-2/h7-8,12-14,16-17,26-28,30-33,41H,2-3,6,9-11,15,18-24H2,1,4-5H3,(H,38,42)/t26-,27+,28+,30-,31-,32+,33+,37-/m0/s1. The molecule has 3 aliphatic rings. The largest absolute Gasteiger partial charge is 0.455 e. The molecule has 1 aromatic rings. The number of hydrogen-bond donors (Lipinski definition) is 2. The van der Waals surface area contributed by atoms with Gasteiger partial charge in [0.25, 0.3) is 0 Å². The molecule has 0 radical (unpaired) electrons. The van der Waals surface area contributed by atoms with Gasteiger partial charge in [-0.15, -0.1) is 13.2 Å². The number of nitrogens with zero attached hydrogens (tertiary/aromatic N) is 2. The van der Waals surface area contributed by atoms with Crippen molar-refractivity contribution in [1.29, 1.82) is 0 Å². The normalized spacial score (nSPS) is 26.0. The van der Waals surface area contributed by atoms with Crippen molar-refractivity contribution in [3.8, 4) is 0 Å². The van der Waals surface area contributed by atoms with Gasteiger partial charge in [0.15, 0.2) is 0 Å². The molecule has 2 bridgehead atoms. The Morgan fingerprint density at radius 3 is 2.56 bits per heavy atom. The van der Waals surface area contributed by atoms with Crippen LogP contribution in [0.2, 0.25) is 0 Å². The number of esters is 1. The fourth-order valence-corrected chi connectivity index (χ4v) is 7.74. The zero-order valence-corrected chi connectivity index (χ0v) is 28.7. The van der Waals surface area contributed by atoms with Crippen molar-refractivity contribution in [1.82, 2.24) is 15.1 Å². The molecule has 264 valence electrons. The van der Waals surface area contributed by atoms with Gasteiger partial charge < -0.3 is 34.4 Å². The van der Waals surface area contributed by atoms with E-state index in [9.17, 15) is 24.3 Å². The van der Waals surface area contributed by atoms with Crippen molar-refractivity contribution in [2.45, 2.75) is 101 Å². The number of benzene rings is 1. The number of aliphatic hydroxyl groups excluding tert-OH is 1. The number of amides is 3. The third-order valence-corrected chi connectivity index (χ3v) is 10.0. The van der Waals surface area contributed by atoms with Crippen LogP contribution in [0.3, 0.4) is 0 Å². The lowest BCUT2D eigenvalue weighted by Gasteiger charge is -2.39. The van der Waals surface area contributed by atoms with Gasteiger partial charge in [-0.3, -0.25) is 19.2 Å². The molecule has 8 atom stereocenters. The molecule has 3 fully saturated rings. The minimum atomic E-state index is -1.23. The minimum Gasteiger partial charge on any atom is -0.455 e. The molecule has 0 aliphatic carbocycles. The first-order valence-corrected chi connectivity index (χ1v) is 17.4. The average Bonchev–Trinajstić information content (AvgIpc) is 3.74. The van der Waals surface area contributed by atoms with Gasteiger partial charge in [-0.2, -0.15) is 0 Å². The van der Waals surface area contributed by atoms with Gasteiger partial charge in [-0.25, -0.2) is 0 Å².